The predicted octanol–water partition coefficient (Wildman–Crippen LogP) is 4.26. The first-order valence-electron chi connectivity index (χ1n) is 11.1. The van der Waals surface area contributed by atoms with Crippen molar-refractivity contribution in [1.82, 2.24) is 14.3 Å². The van der Waals surface area contributed by atoms with Gasteiger partial charge in [0.25, 0.3) is 0 Å². The highest BCUT2D eigenvalue weighted by atomic mass is 32.2. The van der Waals surface area contributed by atoms with Crippen LogP contribution < -0.4 is 15.4 Å². The Balaban J connectivity index is 0.00000242. The Morgan fingerprint density at radius 1 is 1.24 bits per heavy atom. The third-order valence-electron chi connectivity index (χ3n) is 4.84. The summed E-state index contributed by atoms with van der Waals surface area (Å²) in [5.41, 5.74) is 3.70. The summed E-state index contributed by atoms with van der Waals surface area (Å²) < 4.78 is 14.9. The van der Waals surface area contributed by atoms with E-state index in [0.717, 1.165) is 35.4 Å². The summed E-state index contributed by atoms with van der Waals surface area (Å²) in [5.74, 6) is 0.547. The first-order valence-corrected chi connectivity index (χ1v) is 11.8. The molecule has 0 spiro atoms. The van der Waals surface area contributed by atoms with Crippen molar-refractivity contribution in [3.8, 4) is 0 Å². The minimum atomic E-state index is -0.719. The Morgan fingerprint density at radius 2 is 1.82 bits per heavy atom. The maximum Gasteiger partial charge on any atom is 0.212 e. The van der Waals surface area contributed by atoms with Crippen molar-refractivity contribution in [3.63, 3.8) is 0 Å². The molecule has 0 aromatic heterocycles. The maximum absolute atomic E-state index is 11.2. The van der Waals surface area contributed by atoms with Crippen LogP contribution in [-0.4, -0.2) is 53.4 Å². The van der Waals surface area contributed by atoms with Crippen LogP contribution >= 0.6 is 12.1 Å². The lowest BCUT2D eigenvalue weighted by Gasteiger charge is -2.29. The van der Waals surface area contributed by atoms with Gasteiger partial charge in [-0.05, 0) is 65.3 Å². The monoisotopic (exact) mass is 484 g/mol. The second kappa shape index (κ2) is 16.5. The van der Waals surface area contributed by atoms with Crippen LogP contribution in [0.5, 0.6) is 0 Å². The Kier molecular flexibility index (Phi) is 15.5. The van der Waals surface area contributed by atoms with Crippen molar-refractivity contribution < 1.29 is 19.4 Å². The fourth-order valence-electron chi connectivity index (χ4n) is 2.97. The summed E-state index contributed by atoms with van der Waals surface area (Å²) in [6.07, 6.45) is 4.35. The molecule has 2 rings (SSSR count). The number of benzene rings is 1. The highest BCUT2D eigenvalue weighted by Gasteiger charge is 2.48. The van der Waals surface area contributed by atoms with E-state index in [-0.39, 0.29) is 12.1 Å². The Hall–Kier alpha value is -2.07. The number of carbonyl (C=O) groups is 1. The van der Waals surface area contributed by atoms with Crippen molar-refractivity contribution in [3.05, 3.63) is 53.0 Å². The number of aryl methyl sites for hydroxylation is 1. The molecule has 9 heteroatoms. The zero-order chi connectivity index (χ0) is 25.4. The molecular formula is C24H41FN4O3S. The molecule has 1 fully saturated rings. The number of halogens is 1. The third kappa shape index (κ3) is 11.1. The minimum Gasteiger partial charge on any atom is -0.394 e. The molecule has 5 N–H and O–H groups in total. The number of carbonyl (C=O) groups excluding carboxylic acids is 1. The quantitative estimate of drug-likeness (QED) is 0.172. The van der Waals surface area contributed by atoms with Crippen molar-refractivity contribution in [2.45, 2.75) is 65.5 Å². The minimum absolute atomic E-state index is 0.126. The number of anilines is 1. The van der Waals surface area contributed by atoms with Gasteiger partial charge in [-0.1, -0.05) is 37.1 Å². The van der Waals surface area contributed by atoms with E-state index in [0.29, 0.717) is 25.8 Å². The molecule has 188 valence electrons. The molecule has 0 aliphatic heterocycles. The molecule has 1 aliphatic rings. The van der Waals surface area contributed by atoms with E-state index in [2.05, 4.69) is 19.7 Å². The van der Waals surface area contributed by atoms with Crippen LogP contribution in [0.2, 0.25) is 0 Å². The van der Waals surface area contributed by atoms with Crippen LogP contribution in [0.1, 0.15) is 52.5 Å². The number of amides is 1. The molecule has 1 saturated carbocycles. The molecule has 33 heavy (non-hydrogen) atoms. The number of aliphatic hydroxyl groups is 2. The van der Waals surface area contributed by atoms with E-state index in [1.54, 1.807) is 0 Å². The van der Waals surface area contributed by atoms with E-state index in [1.807, 2.05) is 72.0 Å². The van der Waals surface area contributed by atoms with Crippen LogP contribution in [0.25, 0.3) is 0 Å². The molecule has 1 amide bonds. The van der Waals surface area contributed by atoms with Gasteiger partial charge in [0.15, 0.2) is 0 Å². The van der Waals surface area contributed by atoms with Crippen LogP contribution in [-0.2, 0) is 4.79 Å². The number of rotatable bonds is 12. The van der Waals surface area contributed by atoms with Crippen molar-refractivity contribution >= 4 is 24.2 Å². The molecule has 0 heterocycles. The van der Waals surface area contributed by atoms with Gasteiger partial charge in [-0.2, -0.15) is 0 Å². The van der Waals surface area contributed by atoms with E-state index in [9.17, 15) is 14.3 Å². The van der Waals surface area contributed by atoms with Gasteiger partial charge in [-0.3, -0.25) is 9.18 Å². The molecule has 1 aromatic carbocycles. The summed E-state index contributed by atoms with van der Waals surface area (Å²) >= 11 is 1.41. The number of hydrogen-bond acceptors (Lipinski definition) is 7. The van der Waals surface area contributed by atoms with E-state index < -0.39 is 6.10 Å². The van der Waals surface area contributed by atoms with Crippen LogP contribution in [0, 0.1) is 6.92 Å². The van der Waals surface area contributed by atoms with Crippen LogP contribution in [0.15, 0.2) is 47.4 Å². The van der Waals surface area contributed by atoms with Gasteiger partial charge in [0.2, 0.25) is 6.41 Å². The largest absolute Gasteiger partial charge is 0.394 e. The fourth-order valence-corrected chi connectivity index (χ4v) is 3.82. The lowest BCUT2D eigenvalue weighted by atomic mass is 10.1. The van der Waals surface area contributed by atoms with Crippen LogP contribution in [0.4, 0.5) is 10.1 Å². The summed E-state index contributed by atoms with van der Waals surface area (Å²) in [6.45, 7) is 9.76. The number of aliphatic hydroxyl groups excluding tert-OH is 2. The molecule has 1 atom stereocenters. The second-order valence-corrected chi connectivity index (χ2v) is 8.65. The molecule has 1 aliphatic carbocycles. The molecule has 1 unspecified atom stereocenters. The average Bonchev–Trinajstić information content (AvgIpc) is 3.60. The van der Waals surface area contributed by atoms with E-state index in [4.69, 9.17) is 5.11 Å². The van der Waals surface area contributed by atoms with Crippen molar-refractivity contribution in [1.29, 1.82) is 0 Å². The lowest BCUT2D eigenvalue weighted by Crippen LogP contribution is -2.35. The first kappa shape index (κ1) is 30.9. The summed E-state index contributed by atoms with van der Waals surface area (Å²) in [7, 11) is 2.47. The highest BCUT2D eigenvalue weighted by molar-refractivity contribution is 7.95. The molecule has 0 radical (unpaired) electrons. The maximum atomic E-state index is 11.2. The molecule has 0 bridgehead atoms. The van der Waals surface area contributed by atoms with Gasteiger partial charge in [0.1, 0.15) is 5.82 Å². The standard InChI is InChI=1S/C21H32N4O3S.C2H6.CH3F/c1-15(2)11-19(20(22-14-27)23-17-7-5-16(3)6-8-17)24-29-25(4)21(9-10-21)12-18(28)13-26;2*1-2/h5-8,11,14,18,23-24,26,28H,9-10,12-13H2,1-4H3,(H,22,27);1-2H3;1H3/b20-19-;;. The highest BCUT2D eigenvalue weighted by Crippen LogP contribution is 2.47. The zero-order valence-corrected chi connectivity index (χ0v) is 21.7. The normalized spacial score (nSPS) is 14.9. The van der Waals surface area contributed by atoms with Crippen molar-refractivity contribution in [2.75, 3.05) is 26.1 Å². The number of nitrogens with zero attached hydrogens (tertiary/aromatic N) is 1. The topological polar surface area (TPSA) is 96.9 Å². The SMILES string of the molecule is CC.CC(C)=C/C(NSN(C)C1(CC(O)CO)CC1)=C(\NC=O)Nc1ccc(C)cc1.CF. The van der Waals surface area contributed by atoms with E-state index in [1.165, 1.54) is 12.1 Å². The summed E-state index contributed by atoms with van der Waals surface area (Å²) in [6, 6.07) is 7.91. The smallest absolute Gasteiger partial charge is 0.212 e. The molecule has 0 saturated heterocycles. The summed E-state index contributed by atoms with van der Waals surface area (Å²) in [4.78, 5) is 11.2. The number of allylic oxidation sites excluding steroid dienone is 2. The van der Waals surface area contributed by atoms with Gasteiger partial charge >= 0.3 is 0 Å². The lowest BCUT2D eigenvalue weighted by molar-refractivity contribution is -0.108. The first-order chi connectivity index (χ1) is 15.8. The summed E-state index contributed by atoms with van der Waals surface area (Å²) in [5, 5.41) is 25.0. The van der Waals surface area contributed by atoms with Gasteiger partial charge in [0, 0.05) is 23.4 Å². The van der Waals surface area contributed by atoms with Crippen LogP contribution in [0.3, 0.4) is 0 Å². The van der Waals surface area contributed by atoms with Gasteiger partial charge < -0.3 is 25.6 Å². The van der Waals surface area contributed by atoms with E-state index >= 15 is 0 Å². The second-order valence-electron chi connectivity index (χ2n) is 7.72. The van der Waals surface area contributed by atoms with Gasteiger partial charge in [-0.15, -0.1) is 0 Å². The Bertz CT molecular complexity index is 749. The molecular weight excluding hydrogens is 443 g/mol. The molecule has 1 aromatic rings. The van der Waals surface area contributed by atoms with Gasteiger partial charge in [-0.25, -0.2) is 4.31 Å². The average molecular weight is 485 g/mol. The number of alkyl halides is 1. The van der Waals surface area contributed by atoms with Gasteiger partial charge in [0.05, 0.1) is 25.6 Å². The Labute approximate surface area is 202 Å². The number of nitrogens with one attached hydrogen (secondary N) is 3. The zero-order valence-electron chi connectivity index (χ0n) is 20.9. The fraction of sp³-hybridized carbons (Fsp3) is 0.542. The molecule has 7 nitrogen and oxygen atoms in total. The predicted molar refractivity (Wildman–Crippen MR) is 137 cm³/mol. The third-order valence-corrected chi connectivity index (χ3v) is 5.81. The Morgan fingerprint density at radius 3 is 2.27 bits per heavy atom. The number of hydrogen-bond donors (Lipinski definition) is 5. The van der Waals surface area contributed by atoms with Crippen molar-refractivity contribution in [2.24, 2.45) is 0 Å².